The number of rotatable bonds is 4. The zero-order valence-electron chi connectivity index (χ0n) is 11.4. The minimum atomic E-state index is 0.562. The lowest BCUT2D eigenvalue weighted by Gasteiger charge is -2.56. The van der Waals surface area contributed by atoms with E-state index in [1.807, 2.05) is 0 Å². The largest absolute Gasteiger partial charge is 0.0993 e. The van der Waals surface area contributed by atoms with Gasteiger partial charge in [0.2, 0.25) is 0 Å². The van der Waals surface area contributed by atoms with Crippen LogP contribution in [0, 0.1) is 16.7 Å². The van der Waals surface area contributed by atoms with Gasteiger partial charge < -0.3 is 0 Å². The number of fused-ring (bicyclic) bond motifs is 3. The molecule has 0 aromatic heterocycles. The van der Waals surface area contributed by atoms with Crippen LogP contribution in [0.5, 0.6) is 0 Å². The monoisotopic (exact) mass is 220 g/mol. The Kier molecular flexibility index (Phi) is 3.20. The predicted octanol–water partition coefficient (Wildman–Crippen LogP) is 5.34. The van der Waals surface area contributed by atoms with Crippen molar-refractivity contribution in [2.45, 2.75) is 72.1 Å². The first-order valence-corrected chi connectivity index (χ1v) is 7.23. The van der Waals surface area contributed by atoms with Gasteiger partial charge >= 0.3 is 0 Å². The lowest BCUT2D eigenvalue weighted by Crippen LogP contribution is -2.44. The van der Waals surface area contributed by atoms with Gasteiger partial charge in [0.25, 0.3) is 0 Å². The van der Waals surface area contributed by atoms with Crippen LogP contribution >= 0.6 is 0 Å². The Hall–Kier alpha value is -0.260. The zero-order valence-corrected chi connectivity index (χ0v) is 11.4. The van der Waals surface area contributed by atoms with Crippen molar-refractivity contribution in [2.75, 3.05) is 0 Å². The molecule has 0 spiro atoms. The molecule has 0 N–H and O–H groups in total. The first-order valence-electron chi connectivity index (χ1n) is 7.23. The number of hydrogen-bond acceptors (Lipinski definition) is 0. The van der Waals surface area contributed by atoms with E-state index in [9.17, 15) is 0 Å². The predicted molar refractivity (Wildman–Crippen MR) is 71.5 cm³/mol. The third-order valence-electron chi connectivity index (χ3n) is 5.83. The van der Waals surface area contributed by atoms with E-state index in [0.717, 1.165) is 5.92 Å². The first kappa shape index (κ1) is 12.2. The average Bonchev–Trinajstić information content (AvgIpc) is 2.31. The Bertz CT molecular complexity index is 247. The summed E-state index contributed by atoms with van der Waals surface area (Å²) in [6, 6.07) is 0. The minimum absolute atomic E-state index is 0.562. The van der Waals surface area contributed by atoms with E-state index in [2.05, 4.69) is 27.4 Å². The van der Waals surface area contributed by atoms with E-state index in [4.69, 9.17) is 0 Å². The molecule has 0 heterocycles. The zero-order chi connectivity index (χ0) is 11.8. The summed E-state index contributed by atoms with van der Waals surface area (Å²) in [7, 11) is 0. The van der Waals surface area contributed by atoms with Crippen LogP contribution in [0.2, 0.25) is 0 Å². The molecular weight excluding hydrogens is 192 g/mol. The Morgan fingerprint density at radius 3 is 1.94 bits per heavy atom. The Balaban J connectivity index is 2.08. The molecule has 3 saturated carbocycles. The van der Waals surface area contributed by atoms with Gasteiger partial charge in [0.05, 0.1) is 0 Å². The van der Waals surface area contributed by atoms with Crippen molar-refractivity contribution in [2.24, 2.45) is 16.7 Å². The van der Waals surface area contributed by atoms with Crippen molar-refractivity contribution in [3.8, 4) is 0 Å². The molecular formula is C16H28. The van der Waals surface area contributed by atoms with Gasteiger partial charge in [0.1, 0.15) is 0 Å². The van der Waals surface area contributed by atoms with Crippen molar-refractivity contribution in [3.05, 3.63) is 12.2 Å². The topological polar surface area (TPSA) is 0 Å². The van der Waals surface area contributed by atoms with E-state index in [1.54, 1.807) is 5.57 Å². The highest BCUT2D eigenvalue weighted by Gasteiger charge is 2.50. The third kappa shape index (κ3) is 1.75. The van der Waals surface area contributed by atoms with Crippen LogP contribution in [-0.4, -0.2) is 0 Å². The Morgan fingerprint density at radius 1 is 1.06 bits per heavy atom. The molecule has 92 valence electrons. The number of hydrogen-bond donors (Lipinski definition) is 0. The molecule has 0 radical (unpaired) electrons. The van der Waals surface area contributed by atoms with Gasteiger partial charge in [0, 0.05) is 0 Å². The molecule has 3 fully saturated rings. The molecule has 2 bridgehead atoms. The maximum atomic E-state index is 4.40. The molecule has 0 aromatic carbocycles. The molecule has 0 saturated heterocycles. The summed E-state index contributed by atoms with van der Waals surface area (Å²) < 4.78 is 0. The van der Waals surface area contributed by atoms with Gasteiger partial charge in [-0.2, -0.15) is 0 Å². The summed E-state index contributed by atoms with van der Waals surface area (Å²) >= 11 is 0. The van der Waals surface area contributed by atoms with Crippen LogP contribution in [-0.2, 0) is 0 Å². The quantitative estimate of drug-likeness (QED) is 0.561. The molecule has 0 aromatic rings. The first-order chi connectivity index (χ1) is 7.55. The maximum absolute atomic E-state index is 4.40. The van der Waals surface area contributed by atoms with E-state index in [-0.39, 0.29) is 0 Å². The Labute approximate surface area is 102 Å². The normalized spacial score (nSPS) is 38.0. The second kappa shape index (κ2) is 4.20. The van der Waals surface area contributed by atoms with Gasteiger partial charge in [-0.3, -0.25) is 0 Å². The van der Waals surface area contributed by atoms with E-state index in [1.165, 1.54) is 51.4 Å². The maximum Gasteiger partial charge on any atom is -0.00901 e. The fourth-order valence-electron chi connectivity index (χ4n) is 4.18. The molecule has 0 aliphatic heterocycles. The van der Waals surface area contributed by atoms with E-state index >= 15 is 0 Å². The van der Waals surface area contributed by atoms with Crippen molar-refractivity contribution in [3.63, 3.8) is 0 Å². The van der Waals surface area contributed by atoms with Crippen LogP contribution in [0.4, 0.5) is 0 Å². The van der Waals surface area contributed by atoms with Gasteiger partial charge in [-0.25, -0.2) is 0 Å². The standard InChI is InChI=1S/C16H28/c1-5-6-14(4)16-10-7-15(8-11-16,9-12-16)13(2)3/h13H,4-12H2,1-3H3. The fourth-order valence-corrected chi connectivity index (χ4v) is 4.18. The van der Waals surface area contributed by atoms with Gasteiger partial charge in [-0.1, -0.05) is 39.3 Å². The number of allylic oxidation sites excluding steroid dienone is 1. The smallest absolute Gasteiger partial charge is 0.00901 e. The summed E-state index contributed by atoms with van der Waals surface area (Å²) in [6.45, 7) is 11.5. The second-order valence-electron chi connectivity index (χ2n) is 6.65. The van der Waals surface area contributed by atoms with Gasteiger partial charge in [0.15, 0.2) is 0 Å². The molecule has 0 atom stereocenters. The SMILES string of the molecule is C=C(CCC)C12CCC(C(C)C)(CC1)CC2. The van der Waals surface area contributed by atoms with E-state index in [0.29, 0.717) is 10.8 Å². The highest BCUT2D eigenvalue weighted by molar-refractivity contribution is 5.16. The second-order valence-corrected chi connectivity index (χ2v) is 6.65. The average molecular weight is 220 g/mol. The molecule has 16 heavy (non-hydrogen) atoms. The van der Waals surface area contributed by atoms with Crippen LogP contribution in [0.15, 0.2) is 12.2 Å². The van der Waals surface area contributed by atoms with Crippen LogP contribution < -0.4 is 0 Å². The molecule has 0 nitrogen and oxygen atoms in total. The summed E-state index contributed by atoms with van der Waals surface area (Å²) in [5.74, 6) is 0.880. The summed E-state index contributed by atoms with van der Waals surface area (Å²) in [4.78, 5) is 0. The molecule has 0 heteroatoms. The molecule has 3 rings (SSSR count). The molecule has 3 aliphatic carbocycles. The van der Waals surface area contributed by atoms with Crippen molar-refractivity contribution in [1.29, 1.82) is 0 Å². The van der Waals surface area contributed by atoms with Crippen LogP contribution in [0.25, 0.3) is 0 Å². The minimum Gasteiger partial charge on any atom is -0.0993 e. The summed E-state index contributed by atoms with van der Waals surface area (Å²) in [6.07, 6.45) is 11.2. The van der Waals surface area contributed by atoms with Crippen LogP contribution in [0.3, 0.4) is 0 Å². The third-order valence-corrected chi connectivity index (χ3v) is 5.83. The Morgan fingerprint density at radius 2 is 1.56 bits per heavy atom. The van der Waals surface area contributed by atoms with Crippen molar-refractivity contribution in [1.82, 2.24) is 0 Å². The molecule has 0 unspecified atom stereocenters. The van der Waals surface area contributed by atoms with Gasteiger partial charge in [-0.15, -0.1) is 0 Å². The fraction of sp³-hybridized carbons (Fsp3) is 0.875. The lowest BCUT2D eigenvalue weighted by molar-refractivity contribution is -0.0203. The van der Waals surface area contributed by atoms with E-state index < -0.39 is 0 Å². The molecule has 0 amide bonds. The molecule has 3 aliphatic rings. The highest BCUT2D eigenvalue weighted by atomic mass is 14.5. The van der Waals surface area contributed by atoms with Crippen molar-refractivity contribution < 1.29 is 0 Å². The van der Waals surface area contributed by atoms with Crippen LogP contribution in [0.1, 0.15) is 72.1 Å². The summed E-state index contributed by atoms with van der Waals surface area (Å²) in [5, 5.41) is 0. The summed E-state index contributed by atoms with van der Waals surface area (Å²) in [5.41, 5.74) is 2.84. The highest BCUT2D eigenvalue weighted by Crippen LogP contribution is 2.62. The van der Waals surface area contributed by atoms with Crippen molar-refractivity contribution >= 4 is 0 Å². The van der Waals surface area contributed by atoms with Gasteiger partial charge in [-0.05, 0) is 61.7 Å². The lowest BCUT2D eigenvalue weighted by atomic mass is 9.49.